The van der Waals surface area contributed by atoms with E-state index >= 15 is 0 Å². The Hall–Kier alpha value is -0.160. The first-order valence-corrected chi connectivity index (χ1v) is 8.06. The summed E-state index contributed by atoms with van der Waals surface area (Å²) in [5.41, 5.74) is 0. The molecule has 0 fully saturated rings. The molecule has 5 heteroatoms. The Kier molecular flexibility index (Phi) is 8.03. The molecule has 0 amide bonds. The SMILES string of the molecule is CCCOC(=O)C(SC(C)C)(SC(C)C)C(C)=O. The normalized spacial score (nSPS) is 12.0. The average molecular weight is 292 g/mol. The minimum atomic E-state index is -1.11. The summed E-state index contributed by atoms with van der Waals surface area (Å²) in [5, 5.41) is 0.378. The minimum Gasteiger partial charge on any atom is -0.464 e. The molecule has 3 nitrogen and oxygen atoms in total. The number of esters is 1. The molecule has 0 spiro atoms. The van der Waals surface area contributed by atoms with Crippen molar-refractivity contribution in [3.8, 4) is 0 Å². The summed E-state index contributed by atoms with van der Waals surface area (Å²) in [6.45, 7) is 11.7. The molecular formula is C13H24O3S2. The Labute approximate surface area is 119 Å². The summed E-state index contributed by atoms with van der Waals surface area (Å²) < 4.78 is 4.10. The van der Waals surface area contributed by atoms with Crippen molar-refractivity contribution < 1.29 is 14.3 Å². The number of ether oxygens (including phenoxy) is 1. The number of rotatable bonds is 8. The zero-order valence-corrected chi connectivity index (χ0v) is 13.7. The number of hydrogen-bond donors (Lipinski definition) is 0. The van der Waals surface area contributed by atoms with Crippen molar-refractivity contribution in [1.29, 1.82) is 0 Å². The maximum absolute atomic E-state index is 12.3. The molecule has 0 aromatic carbocycles. The lowest BCUT2D eigenvalue weighted by atomic mass is 10.3. The van der Waals surface area contributed by atoms with Crippen molar-refractivity contribution in [3.63, 3.8) is 0 Å². The number of Topliss-reactive ketones (excluding diaryl/α,β-unsaturated/α-hetero) is 1. The van der Waals surface area contributed by atoms with Crippen molar-refractivity contribution in [1.82, 2.24) is 0 Å². The van der Waals surface area contributed by atoms with Gasteiger partial charge in [0.25, 0.3) is 0 Å². The van der Waals surface area contributed by atoms with E-state index in [2.05, 4.69) is 0 Å². The molecule has 0 aromatic heterocycles. The van der Waals surface area contributed by atoms with E-state index in [9.17, 15) is 9.59 Å². The summed E-state index contributed by atoms with van der Waals surface area (Å²) in [6.07, 6.45) is 0.762. The van der Waals surface area contributed by atoms with Gasteiger partial charge >= 0.3 is 5.97 Å². The molecule has 0 radical (unpaired) electrons. The fourth-order valence-corrected chi connectivity index (χ4v) is 4.73. The Balaban J connectivity index is 5.17. The van der Waals surface area contributed by atoms with Gasteiger partial charge < -0.3 is 4.74 Å². The maximum Gasteiger partial charge on any atom is 0.340 e. The van der Waals surface area contributed by atoms with Crippen LogP contribution in [0.15, 0.2) is 0 Å². The molecule has 0 aliphatic rings. The van der Waals surface area contributed by atoms with E-state index in [0.29, 0.717) is 6.61 Å². The lowest BCUT2D eigenvalue weighted by Crippen LogP contribution is -2.42. The van der Waals surface area contributed by atoms with Gasteiger partial charge in [0.05, 0.1) is 6.61 Å². The van der Waals surface area contributed by atoms with Gasteiger partial charge in [0.2, 0.25) is 4.08 Å². The zero-order chi connectivity index (χ0) is 14.3. The van der Waals surface area contributed by atoms with Crippen LogP contribution < -0.4 is 0 Å². The molecule has 0 heterocycles. The summed E-state index contributed by atoms with van der Waals surface area (Å²) in [7, 11) is 0. The van der Waals surface area contributed by atoms with E-state index in [1.54, 1.807) is 0 Å². The fraction of sp³-hybridized carbons (Fsp3) is 0.846. The second kappa shape index (κ2) is 8.10. The molecule has 0 saturated heterocycles. The van der Waals surface area contributed by atoms with Gasteiger partial charge in [-0.05, 0) is 13.3 Å². The fourth-order valence-electron chi connectivity index (χ4n) is 1.39. The molecular weight excluding hydrogens is 268 g/mol. The number of carbonyl (C=O) groups excluding carboxylic acids is 2. The summed E-state index contributed by atoms with van der Waals surface area (Å²) in [4.78, 5) is 24.3. The van der Waals surface area contributed by atoms with Crippen LogP contribution in [0.25, 0.3) is 0 Å². The molecule has 106 valence electrons. The van der Waals surface area contributed by atoms with Crippen LogP contribution in [-0.4, -0.2) is 32.9 Å². The molecule has 0 rings (SSSR count). The first kappa shape index (κ1) is 17.8. The highest BCUT2D eigenvalue weighted by molar-refractivity contribution is 8.21. The third-order valence-electron chi connectivity index (χ3n) is 1.97. The number of carbonyl (C=O) groups is 2. The molecule has 0 bridgehead atoms. The van der Waals surface area contributed by atoms with Crippen LogP contribution in [0, 0.1) is 0 Å². The van der Waals surface area contributed by atoms with Crippen LogP contribution in [0.3, 0.4) is 0 Å². The lowest BCUT2D eigenvalue weighted by molar-refractivity contribution is -0.146. The zero-order valence-electron chi connectivity index (χ0n) is 12.1. The summed E-state index contributed by atoms with van der Waals surface area (Å²) in [6, 6.07) is 0. The van der Waals surface area contributed by atoms with Crippen molar-refractivity contribution in [3.05, 3.63) is 0 Å². The molecule has 0 aromatic rings. The van der Waals surface area contributed by atoms with Crippen molar-refractivity contribution in [2.24, 2.45) is 0 Å². The van der Waals surface area contributed by atoms with E-state index in [4.69, 9.17) is 4.74 Å². The largest absolute Gasteiger partial charge is 0.464 e. The van der Waals surface area contributed by atoms with Crippen LogP contribution in [0.5, 0.6) is 0 Å². The van der Waals surface area contributed by atoms with Crippen molar-refractivity contribution in [2.45, 2.75) is 62.5 Å². The second-order valence-electron chi connectivity index (χ2n) is 4.64. The first-order chi connectivity index (χ1) is 8.26. The molecule has 0 aliphatic heterocycles. The lowest BCUT2D eigenvalue weighted by Gasteiger charge is -2.30. The highest BCUT2D eigenvalue weighted by Gasteiger charge is 2.47. The predicted molar refractivity (Wildman–Crippen MR) is 80.1 cm³/mol. The first-order valence-electron chi connectivity index (χ1n) is 6.30. The predicted octanol–water partition coefficient (Wildman–Crippen LogP) is 3.51. The van der Waals surface area contributed by atoms with Gasteiger partial charge in [-0.25, -0.2) is 4.79 Å². The van der Waals surface area contributed by atoms with Gasteiger partial charge in [-0.15, -0.1) is 23.5 Å². The number of ketones is 1. The smallest absolute Gasteiger partial charge is 0.340 e. The third kappa shape index (κ3) is 5.22. The van der Waals surface area contributed by atoms with Gasteiger partial charge in [-0.3, -0.25) is 4.79 Å². The Morgan fingerprint density at radius 1 is 1.11 bits per heavy atom. The summed E-state index contributed by atoms with van der Waals surface area (Å²) >= 11 is 2.76. The van der Waals surface area contributed by atoms with E-state index in [1.807, 2.05) is 34.6 Å². The van der Waals surface area contributed by atoms with Crippen molar-refractivity contribution in [2.75, 3.05) is 6.61 Å². The number of thioether (sulfide) groups is 2. The Morgan fingerprint density at radius 3 is 1.83 bits per heavy atom. The van der Waals surface area contributed by atoms with Gasteiger partial charge in [-0.2, -0.15) is 0 Å². The molecule has 0 saturated carbocycles. The highest BCUT2D eigenvalue weighted by Crippen LogP contribution is 2.43. The Bertz CT molecular complexity index is 278. The van der Waals surface area contributed by atoms with Gasteiger partial charge in [0.15, 0.2) is 5.78 Å². The molecule has 0 atom stereocenters. The monoisotopic (exact) mass is 292 g/mol. The molecule has 0 unspecified atom stereocenters. The molecule has 0 aliphatic carbocycles. The van der Waals surface area contributed by atoms with E-state index in [1.165, 1.54) is 30.4 Å². The Morgan fingerprint density at radius 2 is 1.56 bits per heavy atom. The molecule has 18 heavy (non-hydrogen) atoms. The van der Waals surface area contributed by atoms with Crippen LogP contribution in [0.2, 0.25) is 0 Å². The van der Waals surface area contributed by atoms with Gasteiger partial charge in [0, 0.05) is 10.5 Å². The quantitative estimate of drug-likeness (QED) is 0.389. The van der Waals surface area contributed by atoms with Crippen LogP contribution in [0.4, 0.5) is 0 Å². The molecule has 0 N–H and O–H groups in total. The van der Waals surface area contributed by atoms with E-state index < -0.39 is 10.0 Å². The topological polar surface area (TPSA) is 43.4 Å². The van der Waals surface area contributed by atoms with Gasteiger partial charge in [0.1, 0.15) is 0 Å². The minimum absolute atomic E-state index is 0.138. The highest BCUT2D eigenvalue weighted by atomic mass is 32.2. The van der Waals surface area contributed by atoms with Crippen LogP contribution >= 0.6 is 23.5 Å². The maximum atomic E-state index is 12.3. The second-order valence-corrected chi connectivity index (χ2v) is 8.48. The van der Waals surface area contributed by atoms with Gasteiger partial charge in [-0.1, -0.05) is 34.6 Å². The average Bonchev–Trinajstić information content (AvgIpc) is 2.22. The van der Waals surface area contributed by atoms with E-state index in [-0.39, 0.29) is 16.3 Å². The van der Waals surface area contributed by atoms with Crippen LogP contribution in [-0.2, 0) is 14.3 Å². The number of hydrogen-bond acceptors (Lipinski definition) is 5. The van der Waals surface area contributed by atoms with Crippen molar-refractivity contribution >= 4 is 35.3 Å². The third-order valence-corrected chi connectivity index (χ3v) is 5.07. The van der Waals surface area contributed by atoms with E-state index in [0.717, 1.165) is 6.42 Å². The van der Waals surface area contributed by atoms with Crippen LogP contribution in [0.1, 0.15) is 48.0 Å². The summed E-state index contributed by atoms with van der Waals surface area (Å²) in [5.74, 6) is -0.546. The standard InChI is InChI=1S/C13H24O3S2/c1-7-8-16-12(15)13(11(6)14,17-9(2)3)18-10(4)5/h9-10H,7-8H2,1-6H3.